The van der Waals surface area contributed by atoms with Gasteiger partial charge in [-0.15, -0.1) is 4.68 Å². The van der Waals surface area contributed by atoms with Gasteiger partial charge in [0.05, 0.1) is 30.8 Å². The van der Waals surface area contributed by atoms with Crippen molar-refractivity contribution in [1.29, 1.82) is 0 Å². The Hall–Kier alpha value is -3.35. The molecule has 0 amide bonds. The number of rotatable bonds is 5. The van der Waals surface area contributed by atoms with Gasteiger partial charge in [0.25, 0.3) is 5.56 Å². The van der Waals surface area contributed by atoms with Crippen LogP contribution in [0.3, 0.4) is 0 Å². The van der Waals surface area contributed by atoms with Crippen molar-refractivity contribution in [2.24, 2.45) is 5.10 Å². The van der Waals surface area contributed by atoms with Crippen LogP contribution in [0.15, 0.2) is 57.2 Å². The molecule has 0 unspecified atom stereocenters. The predicted molar refractivity (Wildman–Crippen MR) is 96.0 cm³/mol. The van der Waals surface area contributed by atoms with Crippen LogP contribution in [0.25, 0.3) is 10.9 Å². The Balaban J connectivity index is 2.09. The van der Waals surface area contributed by atoms with Gasteiger partial charge in [0.2, 0.25) is 0 Å². The Morgan fingerprint density at radius 3 is 2.72 bits per heavy atom. The van der Waals surface area contributed by atoms with Gasteiger partial charge in [-0.25, -0.2) is 4.79 Å². The second kappa shape index (κ2) is 7.04. The van der Waals surface area contributed by atoms with Crippen molar-refractivity contribution in [3.63, 3.8) is 0 Å². The Morgan fingerprint density at radius 1 is 1.16 bits per heavy atom. The second-order valence-corrected chi connectivity index (χ2v) is 5.15. The van der Waals surface area contributed by atoms with E-state index >= 15 is 0 Å². The molecule has 7 heteroatoms. The van der Waals surface area contributed by atoms with Crippen LogP contribution < -0.4 is 20.7 Å². The minimum absolute atomic E-state index is 0.384. The number of hydrogen-bond acceptors (Lipinski definition) is 5. The molecule has 128 valence electrons. The molecule has 0 saturated heterocycles. The van der Waals surface area contributed by atoms with E-state index in [0.717, 1.165) is 4.68 Å². The lowest BCUT2D eigenvalue weighted by atomic mass is 10.2. The van der Waals surface area contributed by atoms with Gasteiger partial charge in [-0.3, -0.25) is 4.79 Å². The summed E-state index contributed by atoms with van der Waals surface area (Å²) in [6.07, 6.45) is 1.40. The quantitative estimate of drug-likeness (QED) is 0.720. The average molecular weight is 339 g/mol. The zero-order valence-corrected chi connectivity index (χ0v) is 13.9. The summed E-state index contributed by atoms with van der Waals surface area (Å²) < 4.78 is 11.6. The summed E-state index contributed by atoms with van der Waals surface area (Å²) in [6.45, 7) is 2.36. The third-order valence-electron chi connectivity index (χ3n) is 3.61. The molecule has 0 spiro atoms. The van der Waals surface area contributed by atoms with Crippen molar-refractivity contribution in [2.75, 3.05) is 13.7 Å². The maximum atomic E-state index is 12.5. The van der Waals surface area contributed by atoms with Crippen LogP contribution in [-0.2, 0) is 0 Å². The zero-order valence-electron chi connectivity index (χ0n) is 13.9. The Kier molecular flexibility index (Phi) is 4.65. The maximum Gasteiger partial charge on any atom is 0.349 e. The van der Waals surface area contributed by atoms with Gasteiger partial charge in [-0.05, 0) is 31.2 Å². The Bertz CT molecular complexity index is 1050. The Labute approximate surface area is 143 Å². The van der Waals surface area contributed by atoms with Crippen LogP contribution >= 0.6 is 0 Å². The number of para-hydroxylation sites is 2. The molecule has 0 aliphatic rings. The summed E-state index contributed by atoms with van der Waals surface area (Å²) in [4.78, 5) is 27.2. The van der Waals surface area contributed by atoms with Gasteiger partial charge in [-0.2, -0.15) is 5.10 Å². The van der Waals surface area contributed by atoms with Crippen molar-refractivity contribution < 1.29 is 9.47 Å². The minimum atomic E-state index is -0.611. The Morgan fingerprint density at radius 2 is 1.96 bits per heavy atom. The number of fused-ring (bicyclic) bond motifs is 1. The molecule has 0 radical (unpaired) electrons. The van der Waals surface area contributed by atoms with Crippen molar-refractivity contribution in [1.82, 2.24) is 9.66 Å². The van der Waals surface area contributed by atoms with E-state index in [4.69, 9.17) is 9.47 Å². The maximum absolute atomic E-state index is 12.5. The first-order valence-electron chi connectivity index (χ1n) is 7.74. The number of aromatic nitrogens is 2. The van der Waals surface area contributed by atoms with Crippen LogP contribution in [0.4, 0.5) is 0 Å². The number of hydrogen-bond donors (Lipinski definition) is 1. The fourth-order valence-corrected chi connectivity index (χ4v) is 2.50. The number of aromatic amines is 1. The lowest BCUT2D eigenvalue weighted by molar-refractivity contribution is 0.310. The highest BCUT2D eigenvalue weighted by Gasteiger charge is 2.09. The largest absolute Gasteiger partial charge is 0.492 e. The van der Waals surface area contributed by atoms with E-state index in [-0.39, 0.29) is 0 Å². The number of nitrogens with zero attached hydrogens (tertiary/aromatic N) is 2. The summed E-state index contributed by atoms with van der Waals surface area (Å²) in [5.41, 5.74) is -0.0387. The number of nitrogens with one attached hydrogen (secondary N) is 1. The molecule has 7 nitrogen and oxygen atoms in total. The average Bonchev–Trinajstić information content (AvgIpc) is 2.62. The van der Waals surface area contributed by atoms with E-state index in [2.05, 4.69) is 10.1 Å². The van der Waals surface area contributed by atoms with Gasteiger partial charge >= 0.3 is 5.69 Å². The topological polar surface area (TPSA) is 85.7 Å². The highest BCUT2D eigenvalue weighted by atomic mass is 16.5. The first-order chi connectivity index (χ1) is 12.2. The molecule has 0 fully saturated rings. The fourth-order valence-electron chi connectivity index (χ4n) is 2.50. The smallest absolute Gasteiger partial charge is 0.349 e. The molecule has 0 bridgehead atoms. The minimum Gasteiger partial charge on any atom is -0.492 e. The summed E-state index contributed by atoms with van der Waals surface area (Å²) in [5, 5.41) is 4.42. The lowest BCUT2D eigenvalue weighted by Crippen LogP contribution is -2.32. The summed E-state index contributed by atoms with van der Waals surface area (Å²) in [7, 11) is 1.52. The van der Waals surface area contributed by atoms with E-state index < -0.39 is 11.2 Å². The van der Waals surface area contributed by atoms with Crippen LogP contribution in [0.2, 0.25) is 0 Å². The van der Waals surface area contributed by atoms with Crippen LogP contribution in [0.1, 0.15) is 12.5 Å². The lowest BCUT2D eigenvalue weighted by Gasteiger charge is -2.11. The molecule has 3 rings (SSSR count). The van der Waals surface area contributed by atoms with E-state index in [1.165, 1.54) is 13.3 Å². The molecule has 3 aromatic rings. The molecule has 25 heavy (non-hydrogen) atoms. The van der Waals surface area contributed by atoms with Crippen LogP contribution in [0.5, 0.6) is 11.5 Å². The molecule has 0 saturated carbocycles. The standard InChI is InChI=1S/C18H17N3O4/c1-3-25-15-10-6-7-12(16(15)24-2)11-19-21-17(22)13-8-4-5-9-14(13)20-18(21)23/h4-11H,3H2,1-2H3,(H,20,23)/b19-11+. The third kappa shape index (κ3) is 3.16. The first-order valence-corrected chi connectivity index (χ1v) is 7.74. The molecular formula is C18H17N3O4. The number of H-pyrrole nitrogens is 1. The molecule has 1 heterocycles. The van der Waals surface area contributed by atoms with Gasteiger partial charge in [0, 0.05) is 5.56 Å². The number of benzene rings is 2. The molecule has 0 atom stereocenters. The molecule has 2 aromatic carbocycles. The fraction of sp³-hybridized carbons (Fsp3) is 0.167. The summed E-state index contributed by atoms with van der Waals surface area (Å²) in [5.74, 6) is 1.05. The SMILES string of the molecule is CCOc1cccc(/C=N/n2c(=O)[nH]c3ccccc3c2=O)c1OC. The van der Waals surface area contributed by atoms with E-state index in [0.29, 0.717) is 34.6 Å². The van der Waals surface area contributed by atoms with Crippen molar-refractivity contribution in [3.05, 3.63) is 68.9 Å². The van der Waals surface area contributed by atoms with Gasteiger partial charge < -0.3 is 14.5 Å². The van der Waals surface area contributed by atoms with Crippen LogP contribution in [0, 0.1) is 0 Å². The zero-order chi connectivity index (χ0) is 17.8. The van der Waals surface area contributed by atoms with Gasteiger partial charge in [-0.1, -0.05) is 18.2 Å². The number of ether oxygens (including phenoxy) is 2. The second-order valence-electron chi connectivity index (χ2n) is 5.15. The third-order valence-corrected chi connectivity index (χ3v) is 3.61. The highest BCUT2D eigenvalue weighted by molar-refractivity contribution is 5.85. The van der Waals surface area contributed by atoms with E-state index in [9.17, 15) is 9.59 Å². The molecule has 1 N–H and O–H groups in total. The van der Waals surface area contributed by atoms with E-state index in [1.54, 1.807) is 42.5 Å². The predicted octanol–water partition coefficient (Wildman–Crippen LogP) is 1.98. The number of methoxy groups -OCH3 is 1. The summed E-state index contributed by atoms with van der Waals surface area (Å²) in [6, 6.07) is 12.1. The van der Waals surface area contributed by atoms with Gasteiger partial charge in [0.1, 0.15) is 0 Å². The van der Waals surface area contributed by atoms with Crippen molar-refractivity contribution in [3.8, 4) is 11.5 Å². The summed E-state index contributed by atoms with van der Waals surface area (Å²) >= 11 is 0. The molecule has 0 aliphatic heterocycles. The van der Waals surface area contributed by atoms with Crippen molar-refractivity contribution in [2.45, 2.75) is 6.92 Å². The monoisotopic (exact) mass is 339 g/mol. The highest BCUT2D eigenvalue weighted by Crippen LogP contribution is 2.29. The molecule has 0 aliphatic carbocycles. The molecule has 1 aromatic heterocycles. The van der Waals surface area contributed by atoms with Gasteiger partial charge in [0.15, 0.2) is 11.5 Å². The molecular weight excluding hydrogens is 322 g/mol. The normalized spacial score (nSPS) is 11.1. The van der Waals surface area contributed by atoms with Crippen molar-refractivity contribution >= 4 is 17.1 Å². The van der Waals surface area contributed by atoms with E-state index in [1.807, 2.05) is 6.92 Å². The van der Waals surface area contributed by atoms with Crippen LogP contribution in [-0.4, -0.2) is 29.6 Å². The first kappa shape index (κ1) is 16.5.